The van der Waals surface area contributed by atoms with Crippen LogP contribution >= 0.6 is 11.6 Å². The smallest absolute Gasteiger partial charge is 0.191 e. The minimum Gasteiger partial charge on any atom is -0.344 e. The molecule has 1 aliphatic heterocycles. The number of hydrogen-bond donors (Lipinski definition) is 0. The highest BCUT2D eigenvalue weighted by Gasteiger charge is 2.42. The van der Waals surface area contributed by atoms with Gasteiger partial charge in [-0.3, -0.25) is 0 Å². The molecule has 0 N–H and O–H groups in total. The zero-order valence-corrected chi connectivity index (χ0v) is 9.18. The monoisotopic (exact) mass is 216 g/mol. The zero-order chi connectivity index (χ0) is 9.86. The van der Waals surface area contributed by atoms with E-state index in [2.05, 4.69) is 6.08 Å². The van der Waals surface area contributed by atoms with Gasteiger partial charge in [-0.2, -0.15) is 0 Å². The van der Waals surface area contributed by atoms with Gasteiger partial charge in [0.25, 0.3) is 0 Å². The molecule has 0 unspecified atom stereocenters. The number of alkyl halides is 1. The first-order valence-corrected chi connectivity index (χ1v) is 5.94. The van der Waals surface area contributed by atoms with E-state index >= 15 is 0 Å². The third kappa shape index (κ3) is 1.97. The summed E-state index contributed by atoms with van der Waals surface area (Å²) in [5, 5.41) is 0. The van der Waals surface area contributed by atoms with Gasteiger partial charge in [-0.05, 0) is 31.3 Å². The molecule has 1 aliphatic carbocycles. The standard InChI is InChI=1S/C11H17ClO2/c12-7-2-1-4-10-5-3-6-11(10)13-8-9-14-11/h5H,1-4,6-9H2. The van der Waals surface area contributed by atoms with Gasteiger partial charge in [0, 0.05) is 12.3 Å². The Labute approximate surface area is 90.2 Å². The maximum atomic E-state index is 5.72. The van der Waals surface area contributed by atoms with Crippen molar-refractivity contribution in [3.05, 3.63) is 11.6 Å². The number of unbranched alkanes of at least 4 members (excludes halogenated alkanes) is 1. The van der Waals surface area contributed by atoms with Gasteiger partial charge in [-0.15, -0.1) is 11.6 Å². The van der Waals surface area contributed by atoms with Crippen LogP contribution in [-0.4, -0.2) is 24.9 Å². The summed E-state index contributed by atoms with van der Waals surface area (Å²) >= 11 is 5.66. The molecular formula is C11H17ClO2. The highest BCUT2D eigenvalue weighted by Crippen LogP contribution is 2.40. The lowest BCUT2D eigenvalue weighted by molar-refractivity contribution is -0.125. The number of rotatable bonds is 4. The van der Waals surface area contributed by atoms with E-state index in [1.807, 2.05) is 0 Å². The molecule has 3 heteroatoms. The molecule has 2 aliphatic rings. The number of allylic oxidation sites excluding steroid dienone is 1. The summed E-state index contributed by atoms with van der Waals surface area (Å²) in [6, 6.07) is 0. The van der Waals surface area contributed by atoms with Crippen LogP contribution in [0.2, 0.25) is 0 Å². The van der Waals surface area contributed by atoms with Gasteiger partial charge in [0.05, 0.1) is 13.2 Å². The molecule has 0 atom stereocenters. The Kier molecular flexibility index (Phi) is 3.47. The minimum absolute atomic E-state index is 0.327. The summed E-state index contributed by atoms with van der Waals surface area (Å²) in [4.78, 5) is 0. The molecule has 2 rings (SSSR count). The fourth-order valence-corrected chi connectivity index (χ4v) is 2.43. The van der Waals surface area contributed by atoms with Crippen LogP contribution in [-0.2, 0) is 9.47 Å². The molecule has 1 fully saturated rings. The average molecular weight is 217 g/mol. The summed E-state index contributed by atoms with van der Waals surface area (Å²) < 4.78 is 11.4. The molecule has 0 aromatic carbocycles. The third-order valence-electron chi connectivity index (χ3n) is 2.94. The lowest BCUT2D eigenvalue weighted by Gasteiger charge is -2.25. The van der Waals surface area contributed by atoms with Crippen LogP contribution < -0.4 is 0 Å². The van der Waals surface area contributed by atoms with Gasteiger partial charge in [-0.1, -0.05) is 6.08 Å². The second-order valence-corrected chi connectivity index (χ2v) is 4.24. The fourth-order valence-electron chi connectivity index (χ4n) is 2.24. The number of hydrogen-bond acceptors (Lipinski definition) is 2. The Morgan fingerprint density at radius 2 is 2.07 bits per heavy atom. The van der Waals surface area contributed by atoms with E-state index < -0.39 is 0 Å². The molecule has 1 spiro atoms. The summed E-state index contributed by atoms with van der Waals surface area (Å²) in [5.41, 5.74) is 1.35. The van der Waals surface area contributed by atoms with E-state index in [-0.39, 0.29) is 5.79 Å². The van der Waals surface area contributed by atoms with Crippen molar-refractivity contribution in [2.45, 2.75) is 37.9 Å². The van der Waals surface area contributed by atoms with Crippen molar-refractivity contribution >= 4 is 11.6 Å². The molecule has 0 aromatic rings. The second kappa shape index (κ2) is 4.65. The molecule has 0 amide bonds. The molecule has 2 nitrogen and oxygen atoms in total. The average Bonchev–Trinajstić information content (AvgIpc) is 2.80. The molecule has 14 heavy (non-hydrogen) atoms. The van der Waals surface area contributed by atoms with Crippen LogP contribution in [0.15, 0.2) is 11.6 Å². The van der Waals surface area contributed by atoms with Crippen LogP contribution in [0.5, 0.6) is 0 Å². The summed E-state index contributed by atoms with van der Waals surface area (Å²) in [7, 11) is 0. The van der Waals surface area contributed by atoms with E-state index in [9.17, 15) is 0 Å². The van der Waals surface area contributed by atoms with Crippen LogP contribution in [0.3, 0.4) is 0 Å². The van der Waals surface area contributed by atoms with Gasteiger partial charge >= 0.3 is 0 Å². The first-order valence-electron chi connectivity index (χ1n) is 5.41. The maximum Gasteiger partial charge on any atom is 0.191 e. The number of halogens is 1. The van der Waals surface area contributed by atoms with E-state index in [0.29, 0.717) is 0 Å². The van der Waals surface area contributed by atoms with Crippen LogP contribution in [0.25, 0.3) is 0 Å². The van der Waals surface area contributed by atoms with Crippen molar-refractivity contribution in [2.24, 2.45) is 0 Å². The molecule has 0 bridgehead atoms. The van der Waals surface area contributed by atoms with Crippen molar-refractivity contribution in [2.75, 3.05) is 19.1 Å². The zero-order valence-electron chi connectivity index (χ0n) is 8.43. The van der Waals surface area contributed by atoms with Crippen LogP contribution in [0.4, 0.5) is 0 Å². The highest BCUT2D eigenvalue weighted by atomic mass is 35.5. The first kappa shape index (κ1) is 10.5. The van der Waals surface area contributed by atoms with Gasteiger partial charge in [0.15, 0.2) is 5.79 Å². The van der Waals surface area contributed by atoms with E-state index in [1.165, 1.54) is 5.57 Å². The lowest BCUT2D eigenvalue weighted by Crippen LogP contribution is -2.29. The molecule has 1 saturated heterocycles. The Morgan fingerprint density at radius 1 is 1.29 bits per heavy atom. The van der Waals surface area contributed by atoms with E-state index in [4.69, 9.17) is 21.1 Å². The second-order valence-electron chi connectivity index (χ2n) is 3.86. The predicted molar refractivity (Wildman–Crippen MR) is 56.5 cm³/mol. The van der Waals surface area contributed by atoms with Gasteiger partial charge in [0.2, 0.25) is 0 Å². The fraction of sp³-hybridized carbons (Fsp3) is 0.818. The quantitative estimate of drug-likeness (QED) is 0.409. The van der Waals surface area contributed by atoms with Crippen molar-refractivity contribution < 1.29 is 9.47 Å². The Balaban J connectivity index is 1.89. The van der Waals surface area contributed by atoms with Crippen molar-refractivity contribution in [3.8, 4) is 0 Å². The largest absolute Gasteiger partial charge is 0.344 e. The van der Waals surface area contributed by atoms with Crippen molar-refractivity contribution in [1.29, 1.82) is 0 Å². The first-order chi connectivity index (χ1) is 6.87. The molecular weight excluding hydrogens is 200 g/mol. The summed E-state index contributed by atoms with van der Waals surface area (Å²) in [6.45, 7) is 1.49. The van der Waals surface area contributed by atoms with E-state index in [1.54, 1.807) is 0 Å². The normalized spacial score (nSPS) is 24.5. The third-order valence-corrected chi connectivity index (χ3v) is 3.20. The minimum atomic E-state index is -0.327. The van der Waals surface area contributed by atoms with Crippen LogP contribution in [0, 0.1) is 0 Å². The molecule has 1 heterocycles. The van der Waals surface area contributed by atoms with Gasteiger partial charge < -0.3 is 9.47 Å². The topological polar surface area (TPSA) is 18.5 Å². The summed E-state index contributed by atoms with van der Waals surface area (Å²) in [5.74, 6) is 0.425. The van der Waals surface area contributed by atoms with Crippen molar-refractivity contribution in [3.63, 3.8) is 0 Å². The molecule has 0 radical (unpaired) electrons. The highest BCUT2D eigenvalue weighted by molar-refractivity contribution is 6.17. The Hall–Kier alpha value is -0.0500. The predicted octanol–water partition coefficient (Wildman–Crippen LogP) is 2.86. The lowest BCUT2D eigenvalue weighted by atomic mass is 10.0. The van der Waals surface area contributed by atoms with Crippen LogP contribution in [0.1, 0.15) is 32.1 Å². The Morgan fingerprint density at radius 3 is 2.79 bits per heavy atom. The van der Waals surface area contributed by atoms with Gasteiger partial charge in [0.1, 0.15) is 0 Å². The number of ether oxygens (including phenoxy) is 2. The SMILES string of the molecule is ClCCCCC1=CCCC12OCCO2. The molecule has 80 valence electrons. The Bertz CT molecular complexity index is 219. The maximum absolute atomic E-state index is 5.72. The van der Waals surface area contributed by atoms with Gasteiger partial charge in [-0.25, -0.2) is 0 Å². The molecule has 0 saturated carbocycles. The van der Waals surface area contributed by atoms with Crippen molar-refractivity contribution in [1.82, 2.24) is 0 Å². The van der Waals surface area contributed by atoms with E-state index in [0.717, 1.165) is 51.2 Å². The molecule has 0 aromatic heterocycles. The summed E-state index contributed by atoms with van der Waals surface area (Å²) in [6.07, 6.45) is 7.67.